The fraction of sp³-hybridized carbons (Fsp3) is 0.909. The molecule has 2 saturated heterocycles. The predicted molar refractivity (Wildman–Crippen MR) is 66.9 cm³/mol. The molecule has 1 N–H and O–H groups in total. The van der Waals surface area contributed by atoms with Gasteiger partial charge in [-0.05, 0) is 33.0 Å². The van der Waals surface area contributed by atoms with Gasteiger partial charge in [0, 0.05) is 26.2 Å². The summed E-state index contributed by atoms with van der Waals surface area (Å²) in [4.78, 5) is 16.5. The molecule has 1 atom stereocenters. The number of carbonyl (C=O) groups excluding carboxylic acids is 1. The van der Waals surface area contributed by atoms with E-state index in [0.29, 0.717) is 5.91 Å². The van der Waals surface area contributed by atoms with E-state index in [2.05, 4.69) is 22.2 Å². The fourth-order valence-electron chi connectivity index (χ4n) is 2.39. The van der Waals surface area contributed by atoms with Gasteiger partial charge in [-0.2, -0.15) is 0 Å². The Hall–Kier alpha value is -0.320. The number of amides is 1. The van der Waals surface area contributed by atoms with E-state index >= 15 is 0 Å². The van der Waals surface area contributed by atoms with Crippen molar-refractivity contribution in [3.05, 3.63) is 0 Å². The number of likely N-dealkylation sites (N-methyl/N-ethyl adjacent to an activating group) is 1. The average Bonchev–Trinajstić information content (AvgIpc) is 2.67. The minimum atomic E-state index is 0. The maximum Gasteiger partial charge on any atom is 0.227 e. The number of nitrogens with zero attached hydrogens (tertiary/aromatic N) is 2. The largest absolute Gasteiger partial charge is 0.341 e. The topological polar surface area (TPSA) is 35.6 Å². The SMILES string of the molecule is CN1CCCN(C(=O)[C@@H]2CCNC2)CC1.Cl. The van der Waals surface area contributed by atoms with Crippen LogP contribution in [0.3, 0.4) is 0 Å². The van der Waals surface area contributed by atoms with E-state index in [4.69, 9.17) is 0 Å². The fourth-order valence-corrected chi connectivity index (χ4v) is 2.39. The Kier molecular flexibility index (Phi) is 5.52. The summed E-state index contributed by atoms with van der Waals surface area (Å²) in [6.07, 6.45) is 2.13. The summed E-state index contributed by atoms with van der Waals surface area (Å²) in [6, 6.07) is 0. The Labute approximate surface area is 104 Å². The lowest BCUT2D eigenvalue weighted by atomic mass is 10.1. The Bertz CT molecular complexity index is 231. The highest BCUT2D eigenvalue weighted by molar-refractivity contribution is 5.85. The summed E-state index contributed by atoms with van der Waals surface area (Å²) in [5.41, 5.74) is 0. The molecule has 16 heavy (non-hydrogen) atoms. The third-order valence-corrected chi connectivity index (χ3v) is 3.44. The Morgan fingerprint density at radius 2 is 2.06 bits per heavy atom. The van der Waals surface area contributed by atoms with Gasteiger partial charge in [-0.1, -0.05) is 0 Å². The second kappa shape index (κ2) is 6.42. The van der Waals surface area contributed by atoms with Gasteiger partial charge in [0.15, 0.2) is 0 Å². The number of hydrogen-bond donors (Lipinski definition) is 1. The molecule has 0 unspecified atom stereocenters. The van der Waals surface area contributed by atoms with Crippen LogP contribution in [0.2, 0.25) is 0 Å². The van der Waals surface area contributed by atoms with E-state index in [1.807, 2.05) is 0 Å². The zero-order valence-corrected chi connectivity index (χ0v) is 10.8. The smallest absolute Gasteiger partial charge is 0.227 e. The van der Waals surface area contributed by atoms with Crippen LogP contribution in [0.25, 0.3) is 0 Å². The van der Waals surface area contributed by atoms with Crippen LogP contribution in [0, 0.1) is 5.92 Å². The molecular weight excluding hydrogens is 226 g/mol. The molecule has 0 aromatic carbocycles. The lowest BCUT2D eigenvalue weighted by Gasteiger charge is -2.23. The van der Waals surface area contributed by atoms with Crippen molar-refractivity contribution >= 4 is 18.3 Å². The molecule has 94 valence electrons. The van der Waals surface area contributed by atoms with Gasteiger partial charge in [0.1, 0.15) is 0 Å². The van der Waals surface area contributed by atoms with E-state index in [1.54, 1.807) is 0 Å². The van der Waals surface area contributed by atoms with Crippen LogP contribution in [0.15, 0.2) is 0 Å². The van der Waals surface area contributed by atoms with Crippen molar-refractivity contribution < 1.29 is 4.79 Å². The van der Waals surface area contributed by atoms with Crippen LogP contribution < -0.4 is 5.32 Å². The molecule has 0 aromatic heterocycles. The molecule has 1 amide bonds. The number of hydrogen-bond acceptors (Lipinski definition) is 3. The average molecular weight is 248 g/mol. The lowest BCUT2D eigenvalue weighted by molar-refractivity contribution is -0.134. The quantitative estimate of drug-likeness (QED) is 0.718. The molecule has 0 radical (unpaired) electrons. The molecule has 0 aromatic rings. The first-order chi connectivity index (χ1) is 7.27. The lowest BCUT2D eigenvalue weighted by Crippen LogP contribution is -2.39. The molecule has 5 heteroatoms. The van der Waals surface area contributed by atoms with Crippen molar-refractivity contribution in [2.24, 2.45) is 5.92 Å². The van der Waals surface area contributed by atoms with Crippen LogP contribution >= 0.6 is 12.4 Å². The molecule has 2 heterocycles. The molecule has 0 aliphatic carbocycles. The van der Waals surface area contributed by atoms with Gasteiger partial charge >= 0.3 is 0 Å². The van der Waals surface area contributed by atoms with E-state index < -0.39 is 0 Å². The summed E-state index contributed by atoms with van der Waals surface area (Å²) in [7, 11) is 2.13. The maximum atomic E-state index is 12.1. The first-order valence-electron chi connectivity index (χ1n) is 5.95. The first kappa shape index (κ1) is 13.7. The zero-order chi connectivity index (χ0) is 10.7. The highest BCUT2D eigenvalue weighted by Crippen LogP contribution is 2.13. The number of carbonyl (C=O) groups is 1. The normalized spacial score (nSPS) is 27.3. The molecule has 4 nitrogen and oxygen atoms in total. The van der Waals surface area contributed by atoms with Crippen molar-refractivity contribution in [1.82, 2.24) is 15.1 Å². The molecule has 0 spiro atoms. The Morgan fingerprint density at radius 1 is 1.25 bits per heavy atom. The van der Waals surface area contributed by atoms with Crippen molar-refractivity contribution in [2.75, 3.05) is 46.3 Å². The van der Waals surface area contributed by atoms with E-state index in [-0.39, 0.29) is 18.3 Å². The summed E-state index contributed by atoms with van der Waals surface area (Å²) in [5, 5.41) is 3.26. The minimum absolute atomic E-state index is 0. The van der Waals surface area contributed by atoms with Crippen LogP contribution in [-0.4, -0.2) is 62.0 Å². The standard InChI is InChI=1S/C11H21N3O.ClH/c1-13-5-2-6-14(8-7-13)11(15)10-3-4-12-9-10;/h10,12H,2-9H2,1H3;1H/t10-;/m1./s1. The molecule has 2 rings (SSSR count). The summed E-state index contributed by atoms with van der Waals surface area (Å²) in [6.45, 7) is 5.87. The number of halogens is 1. The maximum absolute atomic E-state index is 12.1. The third-order valence-electron chi connectivity index (χ3n) is 3.44. The van der Waals surface area contributed by atoms with Crippen LogP contribution in [0.4, 0.5) is 0 Å². The van der Waals surface area contributed by atoms with E-state index in [1.165, 1.54) is 0 Å². The molecule has 0 saturated carbocycles. The molecule has 2 fully saturated rings. The van der Waals surface area contributed by atoms with Crippen LogP contribution in [-0.2, 0) is 4.79 Å². The minimum Gasteiger partial charge on any atom is -0.341 e. The zero-order valence-electron chi connectivity index (χ0n) is 9.95. The van der Waals surface area contributed by atoms with Crippen molar-refractivity contribution in [1.29, 1.82) is 0 Å². The van der Waals surface area contributed by atoms with Crippen molar-refractivity contribution in [3.8, 4) is 0 Å². The summed E-state index contributed by atoms with van der Waals surface area (Å²) >= 11 is 0. The first-order valence-corrected chi connectivity index (χ1v) is 5.95. The van der Waals surface area contributed by atoms with Crippen LogP contribution in [0.5, 0.6) is 0 Å². The van der Waals surface area contributed by atoms with Gasteiger partial charge in [-0.15, -0.1) is 12.4 Å². The van der Waals surface area contributed by atoms with Gasteiger partial charge in [0.05, 0.1) is 5.92 Å². The monoisotopic (exact) mass is 247 g/mol. The highest BCUT2D eigenvalue weighted by atomic mass is 35.5. The summed E-state index contributed by atoms with van der Waals surface area (Å²) in [5.74, 6) is 0.615. The third kappa shape index (κ3) is 3.34. The van der Waals surface area contributed by atoms with Gasteiger partial charge in [-0.25, -0.2) is 0 Å². The van der Waals surface area contributed by atoms with Gasteiger partial charge in [0.2, 0.25) is 5.91 Å². The highest BCUT2D eigenvalue weighted by Gasteiger charge is 2.27. The predicted octanol–water partition coefficient (Wildman–Crippen LogP) is 0.182. The van der Waals surface area contributed by atoms with Crippen molar-refractivity contribution in [3.63, 3.8) is 0 Å². The molecular formula is C11H22ClN3O. The Morgan fingerprint density at radius 3 is 2.75 bits per heavy atom. The molecule has 2 aliphatic heterocycles. The van der Waals surface area contributed by atoms with Crippen molar-refractivity contribution in [2.45, 2.75) is 12.8 Å². The number of rotatable bonds is 1. The van der Waals surface area contributed by atoms with Gasteiger partial charge in [-0.3, -0.25) is 4.79 Å². The molecule has 2 aliphatic rings. The van der Waals surface area contributed by atoms with Gasteiger partial charge < -0.3 is 15.1 Å². The van der Waals surface area contributed by atoms with E-state index in [9.17, 15) is 4.79 Å². The Balaban J connectivity index is 0.00000128. The van der Waals surface area contributed by atoms with Gasteiger partial charge in [0.25, 0.3) is 0 Å². The van der Waals surface area contributed by atoms with Crippen LogP contribution in [0.1, 0.15) is 12.8 Å². The van der Waals surface area contributed by atoms with E-state index in [0.717, 1.165) is 52.1 Å². The summed E-state index contributed by atoms with van der Waals surface area (Å²) < 4.78 is 0. The molecule has 0 bridgehead atoms. The number of nitrogens with one attached hydrogen (secondary N) is 1. The second-order valence-corrected chi connectivity index (χ2v) is 4.67. The second-order valence-electron chi connectivity index (χ2n) is 4.67.